The first kappa shape index (κ1) is 20.5. The van der Waals surface area contributed by atoms with Crippen LogP contribution in [0, 0.1) is 0 Å². The number of rotatable bonds is 5. The van der Waals surface area contributed by atoms with Gasteiger partial charge < -0.3 is 9.84 Å². The highest BCUT2D eigenvalue weighted by molar-refractivity contribution is 5.60. The number of aliphatic hydroxyl groups is 1. The summed E-state index contributed by atoms with van der Waals surface area (Å²) in [5.74, 6) is 0.410. The molecule has 6 nitrogen and oxygen atoms in total. The predicted molar refractivity (Wildman–Crippen MR) is 103 cm³/mol. The van der Waals surface area contributed by atoms with Gasteiger partial charge in [0, 0.05) is 31.6 Å². The molecule has 1 N–H and O–H groups in total. The summed E-state index contributed by atoms with van der Waals surface area (Å²) in [7, 11) is 0. The van der Waals surface area contributed by atoms with Gasteiger partial charge in [0.25, 0.3) is 0 Å². The Morgan fingerprint density at radius 2 is 1.73 bits per heavy atom. The van der Waals surface area contributed by atoms with Crippen molar-refractivity contribution in [3.8, 4) is 11.4 Å². The van der Waals surface area contributed by atoms with Crippen LogP contribution in [0.25, 0.3) is 11.4 Å². The minimum Gasteiger partial charge on any atom is -0.388 e. The fraction of sp³-hybridized carbons (Fsp3) is 0.381. The first-order valence-corrected chi connectivity index (χ1v) is 9.65. The van der Waals surface area contributed by atoms with Gasteiger partial charge in [0.2, 0.25) is 5.82 Å². The summed E-state index contributed by atoms with van der Waals surface area (Å²) < 4.78 is 43.6. The molecule has 1 fully saturated rings. The Bertz CT molecular complexity index is 996. The number of alkyl halides is 3. The SMILES string of the molecule is OC1(Cn2nnc(-c3ccccc3Cc3ccc(C(F)(F)F)cc3)n2)CCOCC1. The second kappa shape index (κ2) is 8.16. The van der Waals surface area contributed by atoms with E-state index in [9.17, 15) is 18.3 Å². The van der Waals surface area contributed by atoms with Crippen molar-refractivity contribution in [3.63, 3.8) is 0 Å². The number of nitrogens with zero attached hydrogens (tertiary/aromatic N) is 4. The Morgan fingerprint density at radius 1 is 1.03 bits per heavy atom. The van der Waals surface area contributed by atoms with E-state index in [1.54, 1.807) is 0 Å². The van der Waals surface area contributed by atoms with Crippen LogP contribution in [-0.4, -0.2) is 44.1 Å². The van der Waals surface area contributed by atoms with E-state index < -0.39 is 17.3 Å². The van der Waals surface area contributed by atoms with E-state index in [0.717, 1.165) is 28.8 Å². The minimum atomic E-state index is -4.35. The molecular formula is C21H21F3N4O2. The second-order valence-electron chi connectivity index (χ2n) is 7.51. The lowest BCUT2D eigenvalue weighted by Gasteiger charge is -2.30. The summed E-state index contributed by atoms with van der Waals surface area (Å²) >= 11 is 0. The lowest BCUT2D eigenvalue weighted by molar-refractivity contribution is -0.137. The Labute approximate surface area is 171 Å². The Balaban J connectivity index is 1.53. The normalized spacial score (nSPS) is 16.5. The molecule has 30 heavy (non-hydrogen) atoms. The molecule has 4 rings (SSSR count). The summed E-state index contributed by atoms with van der Waals surface area (Å²) in [6, 6.07) is 12.6. The molecule has 2 aromatic carbocycles. The molecule has 1 saturated heterocycles. The van der Waals surface area contributed by atoms with Crippen molar-refractivity contribution >= 4 is 0 Å². The van der Waals surface area contributed by atoms with Crippen LogP contribution in [0.2, 0.25) is 0 Å². The molecular weight excluding hydrogens is 397 g/mol. The fourth-order valence-corrected chi connectivity index (χ4v) is 3.51. The van der Waals surface area contributed by atoms with Crippen LogP contribution in [0.4, 0.5) is 13.2 Å². The van der Waals surface area contributed by atoms with E-state index in [-0.39, 0.29) is 6.54 Å². The number of aromatic nitrogens is 4. The van der Waals surface area contributed by atoms with Crippen molar-refractivity contribution < 1.29 is 23.0 Å². The summed E-state index contributed by atoms with van der Waals surface area (Å²) in [4.78, 5) is 1.38. The molecule has 1 aliphatic rings. The van der Waals surface area contributed by atoms with E-state index in [2.05, 4.69) is 15.4 Å². The maximum atomic E-state index is 12.8. The molecule has 0 bridgehead atoms. The fourth-order valence-electron chi connectivity index (χ4n) is 3.51. The van der Waals surface area contributed by atoms with Crippen molar-refractivity contribution in [2.75, 3.05) is 13.2 Å². The summed E-state index contributed by atoms with van der Waals surface area (Å²) in [5, 5.41) is 23.2. The molecule has 0 atom stereocenters. The average molecular weight is 418 g/mol. The molecule has 2 heterocycles. The van der Waals surface area contributed by atoms with Crippen LogP contribution < -0.4 is 0 Å². The third-order valence-electron chi connectivity index (χ3n) is 5.25. The van der Waals surface area contributed by atoms with Gasteiger partial charge in [-0.2, -0.15) is 18.0 Å². The number of ether oxygens (including phenoxy) is 1. The Kier molecular flexibility index (Phi) is 5.57. The molecule has 0 radical (unpaired) electrons. The van der Waals surface area contributed by atoms with Crippen molar-refractivity contribution in [2.24, 2.45) is 0 Å². The molecule has 0 spiro atoms. The summed E-state index contributed by atoms with van der Waals surface area (Å²) in [6.07, 6.45) is -2.90. The number of benzene rings is 2. The molecule has 9 heteroatoms. The third-order valence-corrected chi connectivity index (χ3v) is 5.25. The Hall–Kier alpha value is -2.78. The smallest absolute Gasteiger partial charge is 0.388 e. The lowest BCUT2D eigenvalue weighted by Crippen LogP contribution is -2.40. The standard InChI is InChI=1S/C21H21F3N4O2/c22-21(23,24)17-7-5-15(6-8-17)13-16-3-1-2-4-18(16)19-25-27-28(26-19)14-20(29)9-11-30-12-10-20/h1-8,29H,9-14H2. The largest absolute Gasteiger partial charge is 0.416 e. The quantitative estimate of drug-likeness (QED) is 0.687. The van der Waals surface area contributed by atoms with Crippen molar-refractivity contribution in [2.45, 2.75) is 37.6 Å². The van der Waals surface area contributed by atoms with E-state index in [1.807, 2.05) is 24.3 Å². The molecule has 0 saturated carbocycles. The van der Waals surface area contributed by atoms with Gasteiger partial charge in [-0.15, -0.1) is 10.2 Å². The van der Waals surface area contributed by atoms with Gasteiger partial charge in [0.1, 0.15) is 0 Å². The molecule has 1 aliphatic heterocycles. The van der Waals surface area contributed by atoms with Crippen LogP contribution in [0.5, 0.6) is 0 Å². The van der Waals surface area contributed by atoms with Crippen LogP contribution in [-0.2, 0) is 23.9 Å². The van der Waals surface area contributed by atoms with E-state index >= 15 is 0 Å². The second-order valence-corrected chi connectivity index (χ2v) is 7.51. The van der Waals surface area contributed by atoms with Gasteiger partial charge in [-0.1, -0.05) is 36.4 Å². The van der Waals surface area contributed by atoms with Crippen molar-refractivity contribution in [3.05, 3.63) is 65.2 Å². The van der Waals surface area contributed by atoms with Gasteiger partial charge in [0.15, 0.2) is 0 Å². The zero-order valence-electron chi connectivity index (χ0n) is 16.1. The molecule has 158 valence electrons. The highest BCUT2D eigenvalue weighted by Crippen LogP contribution is 2.30. The maximum Gasteiger partial charge on any atom is 0.416 e. The summed E-state index contributed by atoms with van der Waals surface area (Å²) in [5.41, 5.74) is 0.787. The first-order chi connectivity index (χ1) is 14.3. The predicted octanol–water partition coefficient (Wildman–Crippen LogP) is 3.49. The van der Waals surface area contributed by atoms with Crippen molar-refractivity contribution in [1.29, 1.82) is 0 Å². The van der Waals surface area contributed by atoms with E-state index in [4.69, 9.17) is 4.74 Å². The highest BCUT2D eigenvalue weighted by atomic mass is 19.4. The van der Waals surface area contributed by atoms with E-state index in [0.29, 0.717) is 38.3 Å². The molecule has 1 aromatic heterocycles. The van der Waals surface area contributed by atoms with Gasteiger partial charge in [-0.3, -0.25) is 0 Å². The maximum absolute atomic E-state index is 12.8. The zero-order valence-corrected chi connectivity index (χ0v) is 16.1. The van der Waals surface area contributed by atoms with Crippen LogP contribution >= 0.6 is 0 Å². The molecule has 3 aromatic rings. The average Bonchev–Trinajstić information content (AvgIpc) is 3.16. The van der Waals surface area contributed by atoms with Crippen LogP contribution in [0.1, 0.15) is 29.5 Å². The third kappa shape index (κ3) is 4.68. The van der Waals surface area contributed by atoms with Gasteiger partial charge in [-0.25, -0.2) is 0 Å². The number of hydrogen-bond donors (Lipinski definition) is 1. The number of tetrazole rings is 1. The van der Waals surface area contributed by atoms with Gasteiger partial charge >= 0.3 is 6.18 Å². The lowest BCUT2D eigenvalue weighted by atomic mass is 9.95. The number of halogens is 3. The van der Waals surface area contributed by atoms with Crippen LogP contribution in [0.3, 0.4) is 0 Å². The minimum absolute atomic E-state index is 0.227. The number of hydrogen-bond acceptors (Lipinski definition) is 5. The molecule has 0 unspecified atom stereocenters. The van der Waals surface area contributed by atoms with E-state index in [1.165, 1.54) is 16.9 Å². The first-order valence-electron chi connectivity index (χ1n) is 9.65. The molecule has 0 aliphatic carbocycles. The topological polar surface area (TPSA) is 73.1 Å². The zero-order chi connectivity index (χ0) is 21.2. The Morgan fingerprint density at radius 3 is 2.43 bits per heavy atom. The van der Waals surface area contributed by atoms with Crippen molar-refractivity contribution in [1.82, 2.24) is 20.2 Å². The van der Waals surface area contributed by atoms with Gasteiger partial charge in [-0.05, 0) is 34.9 Å². The summed E-state index contributed by atoms with van der Waals surface area (Å²) in [6.45, 7) is 1.21. The molecule has 0 amide bonds. The highest BCUT2D eigenvalue weighted by Gasteiger charge is 2.32. The monoisotopic (exact) mass is 418 g/mol. The van der Waals surface area contributed by atoms with Crippen LogP contribution in [0.15, 0.2) is 48.5 Å². The van der Waals surface area contributed by atoms with Gasteiger partial charge in [0.05, 0.1) is 17.7 Å².